The highest BCUT2D eigenvalue weighted by atomic mass is 16.7. The van der Waals surface area contributed by atoms with E-state index in [0.717, 1.165) is 0 Å². The average molecular weight is 435 g/mol. The van der Waals surface area contributed by atoms with Crippen molar-refractivity contribution in [1.82, 2.24) is 0 Å². The van der Waals surface area contributed by atoms with Crippen molar-refractivity contribution in [1.29, 1.82) is 0 Å². The normalized spacial score (nSPS) is 55.1. The summed E-state index contributed by atoms with van der Waals surface area (Å²) < 4.78 is 16.4. The Kier molecular flexibility index (Phi) is 7.00. The molecule has 0 aromatic carbocycles. The molecule has 8 N–H and O–H groups in total. The van der Waals surface area contributed by atoms with E-state index < -0.39 is 55.1 Å². The first-order valence-electron chi connectivity index (χ1n) is 11.0. The molecule has 13 unspecified atom stereocenters. The quantitative estimate of drug-likeness (QED) is 0.230. The first kappa shape index (κ1) is 22.8. The second-order valence-corrected chi connectivity index (χ2v) is 9.43. The molecule has 0 aromatic rings. The van der Waals surface area contributed by atoms with Crippen LogP contribution in [0.2, 0.25) is 0 Å². The molecule has 0 amide bonds. The van der Waals surface area contributed by atoms with Gasteiger partial charge in [-0.1, -0.05) is 0 Å². The van der Waals surface area contributed by atoms with Crippen molar-refractivity contribution >= 4 is 0 Å². The zero-order valence-corrected chi connectivity index (χ0v) is 16.8. The lowest BCUT2D eigenvalue weighted by Gasteiger charge is -2.47. The summed E-state index contributed by atoms with van der Waals surface area (Å²) in [7, 11) is 0. The molecule has 13 atom stereocenters. The number of aliphatic hydroxyl groups is 9. The molecule has 0 spiro atoms. The Bertz CT molecular complexity index is 578. The zero-order valence-electron chi connectivity index (χ0n) is 16.8. The number of aliphatic hydroxyl groups excluding tert-OH is 7. The van der Waals surface area contributed by atoms with E-state index in [-0.39, 0.29) is 37.1 Å². The van der Waals surface area contributed by atoms with E-state index in [1.807, 2.05) is 0 Å². The minimum atomic E-state index is -1.43. The third-order valence-corrected chi connectivity index (χ3v) is 7.33. The number of hydrogen-bond donors (Lipinski definition) is 7. The van der Waals surface area contributed by atoms with Crippen molar-refractivity contribution in [3.63, 3.8) is 0 Å². The molecule has 0 aromatic heterocycles. The Morgan fingerprint density at radius 2 is 1.50 bits per heavy atom. The lowest BCUT2D eigenvalue weighted by Crippen LogP contribution is -2.61. The van der Waals surface area contributed by atoms with Gasteiger partial charge in [0.05, 0.1) is 36.9 Å². The van der Waals surface area contributed by atoms with Gasteiger partial charge in [0.25, 0.3) is 0 Å². The smallest absolute Gasteiger partial charge is 0.186 e. The molecule has 4 aliphatic rings. The van der Waals surface area contributed by atoms with E-state index in [0.29, 0.717) is 32.1 Å². The van der Waals surface area contributed by atoms with E-state index >= 15 is 0 Å². The molecular weight excluding hydrogens is 400 g/mol. The first-order valence-corrected chi connectivity index (χ1v) is 11.0. The van der Waals surface area contributed by atoms with Crippen LogP contribution in [0.3, 0.4) is 0 Å². The molecule has 2 aliphatic heterocycles. The average Bonchev–Trinajstić information content (AvgIpc) is 2.70. The number of rotatable bonds is 3. The molecule has 10 heteroatoms. The van der Waals surface area contributed by atoms with Gasteiger partial charge in [0.15, 0.2) is 18.5 Å². The van der Waals surface area contributed by atoms with Crippen molar-refractivity contribution in [2.24, 2.45) is 11.8 Å². The molecular formula is C20H35O10+. The molecule has 4 rings (SSSR count). The van der Waals surface area contributed by atoms with Gasteiger partial charge in [0, 0.05) is 18.8 Å². The highest BCUT2D eigenvalue weighted by Gasteiger charge is 2.54. The van der Waals surface area contributed by atoms with Gasteiger partial charge < -0.3 is 50.0 Å². The van der Waals surface area contributed by atoms with Gasteiger partial charge in [0.2, 0.25) is 0 Å². The van der Waals surface area contributed by atoms with Crippen molar-refractivity contribution in [2.45, 2.75) is 106 Å². The third-order valence-electron chi connectivity index (χ3n) is 7.33. The largest absolute Gasteiger partial charge is 0.427 e. The van der Waals surface area contributed by atoms with Gasteiger partial charge in [0.1, 0.15) is 24.4 Å². The van der Waals surface area contributed by atoms with Crippen molar-refractivity contribution in [3.8, 4) is 0 Å². The Balaban J connectivity index is 1.51. The van der Waals surface area contributed by atoms with E-state index in [1.165, 1.54) is 0 Å². The summed E-state index contributed by atoms with van der Waals surface area (Å²) in [5, 5.41) is 70.6. The number of ether oxygens (including phenoxy) is 3. The molecule has 2 heterocycles. The summed E-state index contributed by atoms with van der Waals surface area (Å²) in [6.07, 6.45) is -6.67. The first-order chi connectivity index (χ1) is 14.2. The van der Waals surface area contributed by atoms with Crippen LogP contribution in [0, 0.1) is 11.8 Å². The van der Waals surface area contributed by atoms with Crippen molar-refractivity contribution in [3.05, 3.63) is 0 Å². The molecule has 0 radical (unpaired) electrons. The van der Waals surface area contributed by atoms with Crippen LogP contribution in [0.25, 0.3) is 0 Å². The Morgan fingerprint density at radius 1 is 0.733 bits per heavy atom. The second kappa shape index (κ2) is 9.22. The molecule has 4 fully saturated rings. The van der Waals surface area contributed by atoms with Crippen LogP contribution in [0.1, 0.15) is 38.5 Å². The Hall–Kier alpha value is -0.400. The standard InChI is InChI=1S/C20H34O10/c21-9-4-12(23)10-6-16(30-20-18(27)17(26)14(25)7-28-20)19(29-15(10)5-9)8-1-2-11(22)13(24)3-8/h8-27H,1-7H2/p+1. The van der Waals surface area contributed by atoms with E-state index in [1.54, 1.807) is 0 Å². The third kappa shape index (κ3) is 4.54. The van der Waals surface area contributed by atoms with Crippen LogP contribution in [0.15, 0.2) is 0 Å². The van der Waals surface area contributed by atoms with Gasteiger partial charge in [-0.15, -0.1) is 0 Å². The van der Waals surface area contributed by atoms with Gasteiger partial charge in [-0.3, -0.25) is 0 Å². The predicted molar refractivity (Wildman–Crippen MR) is 101 cm³/mol. The maximum atomic E-state index is 10.5. The lowest BCUT2D eigenvalue weighted by molar-refractivity contribution is -0.345. The summed E-state index contributed by atoms with van der Waals surface area (Å²) >= 11 is 0. The molecule has 0 bridgehead atoms. The van der Waals surface area contributed by atoms with E-state index in [2.05, 4.69) is 0 Å². The summed E-state index contributed by atoms with van der Waals surface area (Å²) in [4.78, 5) is 0. The maximum absolute atomic E-state index is 10.5. The second-order valence-electron chi connectivity index (χ2n) is 9.43. The SMILES string of the molecule is OC1CC(O)C2CC(OC3OCC(O)C(O)C3O)C(C3CCC(O)C(O)C3)[OH+]C2C1. The number of fused-ring (bicyclic) bond motifs is 1. The van der Waals surface area contributed by atoms with Crippen LogP contribution in [-0.2, 0) is 9.47 Å². The van der Waals surface area contributed by atoms with E-state index in [4.69, 9.17) is 14.2 Å². The molecule has 2 saturated carbocycles. The minimum Gasteiger partial charge on any atom is -0.427 e. The van der Waals surface area contributed by atoms with Gasteiger partial charge >= 0.3 is 0 Å². The van der Waals surface area contributed by atoms with Crippen LogP contribution < -0.4 is 0 Å². The highest BCUT2D eigenvalue weighted by molar-refractivity contribution is 4.97. The van der Waals surface area contributed by atoms with Gasteiger partial charge in [-0.2, -0.15) is 0 Å². The predicted octanol–water partition coefficient (Wildman–Crippen LogP) is -2.87. The lowest BCUT2D eigenvalue weighted by atomic mass is 9.72. The van der Waals surface area contributed by atoms with E-state index in [9.17, 15) is 35.7 Å². The fourth-order valence-corrected chi connectivity index (χ4v) is 5.58. The molecule has 30 heavy (non-hydrogen) atoms. The van der Waals surface area contributed by atoms with Gasteiger partial charge in [-0.25, -0.2) is 0 Å². The number of hydrogen-bond acceptors (Lipinski definition) is 9. The topological polar surface area (TPSA) is 173 Å². The fraction of sp³-hybridized carbons (Fsp3) is 1.00. The monoisotopic (exact) mass is 435 g/mol. The maximum Gasteiger partial charge on any atom is 0.186 e. The van der Waals surface area contributed by atoms with Crippen molar-refractivity contribution < 1.29 is 50.0 Å². The van der Waals surface area contributed by atoms with Crippen molar-refractivity contribution in [2.75, 3.05) is 6.61 Å². The Morgan fingerprint density at radius 3 is 2.23 bits per heavy atom. The fourth-order valence-electron chi connectivity index (χ4n) is 5.58. The summed E-state index contributed by atoms with van der Waals surface area (Å²) in [5.41, 5.74) is 0. The van der Waals surface area contributed by atoms with Crippen LogP contribution in [0.4, 0.5) is 0 Å². The van der Waals surface area contributed by atoms with Crippen LogP contribution >= 0.6 is 0 Å². The molecule has 174 valence electrons. The zero-order chi connectivity index (χ0) is 21.6. The van der Waals surface area contributed by atoms with Crippen LogP contribution in [-0.4, -0.2) is 114 Å². The Labute approximate surface area is 175 Å². The summed E-state index contributed by atoms with van der Waals surface area (Å²) in [5.74, 6) is -0.271. The molecule has 2 saturated heterocycles. The summed E-state index contributed by atoms with van der Waals surface area (Å²) in [6, 6.07) is 0. The minimum absolute atomic E-state index is 0.0678. The molecule has 10 nitrogen and oxygen atoms in total. The van der Waals surface area contributed by atoms with Gasteiger partial charge in [-0.05, 0) is 25.7 Å². The highest BCUT2D eigenvalue weighted by Crippen LogP contribution is 2.41. The molecule has 2 aliphatic carbocycles. The summed E-state index contributed by atoms with van der Waals surface area (Å²) in [6.45, 7) is -0.174. The van der Waals surface area contributed by atoms with Crippen LogP contribution in [0.5, 0.6) is 0 Å².